The van der Waals surface area contributed by atoms with Crippen LogP contribution in [0.4, 0.5) is 4.39 Å². The zero-order valence-electron chi connectivity index (χ0n) is 23.5. The van der Waals surface area contributed by atoms with Gasteiger partial charge in [-0.1, -0.05) is 54.6 Å². The number of rotatable bonds is 11. The van der Waals surface area contributed by atoms with Crippen LogP contribution in [0.1, 0.15) is 29.3 Å². The standard InChI is InChI=1S/C32H31FN2O8/c1-40-23-12-8-21(9-13-23)32(20-6-4-3-5-7-20,22-10-14-24(41-2)15-11-22)42-19-26-25(18-28(37)38)29(33)30(43-26)35-17-16-27(36)34-31(35)39/h3-17,25-26,29-30H,18-19H2,1-2H3,(H,37,38)(H,34,36,39)/t25-,26-,29-,30-/m1/s1. The van der Waals surface area contributed by atoms with Crippen LogP contribution in [0.2, 0.25) is 0 Å². The van der Waals surface area contributed by atoms with E-state index >= 15 is 4.39 Å². The SMILES string of the molecule is COc1ccc(C(OC[C@H]2O[C@@H](n3ccc(=O)[nH]c3=O)[C@H](F)[C@@H]2CC(=O)O)(c2ccccc2)c2ccc(OC)cc2)cc1. The Kier molecular flexibility index (Phi) is 8.74. The van der Waals surface area contributed by atoms with Crippen molar-refractivity contribution in [2.45, 2.75) is 30.5 Å². The third-order valence-corrected chi connectivity index (χ3v) is 7.65. The highest BCUT2D eigenvalue weighted by Gasteiger charge is 2.49. The molecule has 224 valence electrons. The molecule has 2 heterocycles. The van der Waals surface area contributed by atoms with Crippen molar-refractivity contribution < 1.29 is 33.2 Å². The fourth-order valence-corrected chi connectivity index (χ4v) is 5.51. The van der Waals surface area contributed by atoms with E-state index in [9.17, 15) is 19.5 Å². The quantitative estimate of drug-likeness (QED) is 0.252. The van der Waals surface area contributed by atoms with Gasteiger partial charge in [0.15, 0.2) is 12.4 Å². The Bertz CT molecular complexity index is 1610. The van der Waals surface area contributed by atoms with Gasteiger partial charge in [0.05, 0.1) is 33.4 Å². The van der Waals surface area contributed by atoms with E-state index in [1.165, 1.54) is 0 Å². The second kappa shape index (κ2) is 12.6. The molecule has 0 unspecified atom stereocenters. The van der Waals surface area contributed by atoms with E-state index in [1.807, 2.05) is 54.6 Å². The Morgan fingerprint density at radius 2 is 1.47 bits per heavy atom. The second-order valence-electron chi connectivity index (χ2n) is 10.1. The Labute approximate surface area is 246 Å². The molecular formula is C32H31FN2O8. The lowest BCUT2D eigenvalue weighted by molar-refractivity contribution is -0.139. The van der Waals surface area contributed by atoms with E-state index in [-0.39, 0.29) is 6.61 Å². The molecule has 0 radical (unpaired) electrons. The molecule has 4 atom stereocenters. The van der Waals surface area contributed by atoms with Crippen LogP contribution < -0.4 is 20.7 Å². The Balaban J connectivity index is 1.60. The molecule has 1 fully saturated rings. The molecule has 1 aliphatic rings. The first-order chi connectivity index (χ1) is 20.8. The molecular weight excluding hydrogens is 559 g/mol. The van der Waals surface area contributed by atoms with Crippen molar-refractivity contribution >= 4 is 5.97 Å². The molecule has 3 aromatic carbocycles. The number of halogens is 1. The van der Waals surface area contributed by atoms with Gasteiger partial charge in [-0.25, -0.2) is 9.18 Å². The molecule has 1 aromatic heterocycles. The van der Waals surface area contributed by atoms with Crippen LogP contribution in [0.5, 0.6) is 11.5 Å². The number of carboxylic acid groups (broad SMARTS) is 1. The molecule has 0 saturated carbocycles. The number of alkyl halides is 1. The van der Waals surface area contributed by atoms with Crippen molar-refractivity contribution in [3.8, 4) is 11.5 Å². The molecule has 0 bridgehead atoms. The third-order valence-electron chi connectivity index (χ3n) is 7.65. The maximum absolute atomic E-state index is 15.9. The lowest BCUT2D eigenvalue weighted by atomic mass is 9.80. The Morgan fingerprint density at radius 1 is 0.907 bits per heavy atom. The number of ether oxygens (including phenoxy) is 4. The zero-order valence-corrected chi connectivity index (χ0v) is 23.5. The summed E-state index contributed by atoms with van der Waals surface area (Å²) in [6.07, 6.45) is -3.83. The van der Waals surface area contributed by atoms with Crippen LogP contribution >= 0.6 is 0 Å². The van der Waals surface area contributed by atoms with Gasteiger partial charge in [0.1, 0.15) is 17.1 Å². The smallest absolute Gasteiger partial charge is 0.330 e. The van der Waals surface area contributed by atoms with Crippen molar-refractivity contribution in [3.63, 3.8) is 0 Å². The van der Waals surface area contributed by atoms with Gasteiger partial charge >= 0.3 is 11.7 Å². The summed E-state index contributed by atoms with van der Waals surface area (Å²) in [6, 6.07) is 25.1. The van der Waals surface area contributed by atoms with Crippen molar-refractivity contribution in [3.05, 3.63) is 129 Å². The molecule has 10 nitrogen and oxygen atoms in total. The number of aromatic amines is 1. The number of nitrogens with zero attached hydrogens (tertiary/aromatic N) is 1. The number of H-pyrrole nitrogens is 1. The van der Waals surface area contributed by atoms with E-state index in [4.69, 9.17) is 18.9 Å². The second-order valence-corrected chi connectivity index (χ2v) is 10.1. The number of methoxy groups -OCH3 is 2. The first-order valence-electron chi connectivity index (χ1n) is 13.6. The maximum Gasteiger partial charge on any atom is 0.330 e. The first-order valence-corrected chi connectivity index (χ1v) is 13.6. The average molecular weight is 591 g/mol. The molecule has 0 aliphatic carbocycles. The van der Waals surface area contributed by atoms with Crippen molar-refractivity contribution in [1.82, 2.24) is 9.55 Å². The van der Waals surface area contributed by atoms with Crippen LogP contribution in [-0.2, 0) is 19.9 Å². The predicted octanol–water partition coefficient (Wildman–Crippen LogP) is 3.89. The van der Waals surface area contributed by atoms with Gasteiger partial charge in [0.25, 0.3) is 5.56 Å². The maximum atomic E-state index is 15.9. The summed E-state index contributed by atoms with van der Waals surface area (Å²) in [4.78, 5) is 37.9. The van der Waals surface area contributed by atoms with Crippen LogP contribution in [0, 0.1) is 5.92 Å². The number of carbonyl (C=O) groups is 1. The number of aliphatic carboxylic acids is 1. The lowest BCUT2D eigenvalue weighted by Gasteiger charge is -2.37. The summed E-state index contributed by atoms with van der Waals surface area (Å²) < 4.78 is 40.3. The van der Waals surface area contributed by atoms with Gasteiger partial charge < -0.3 is 24.1 Å². The number of carboxylic acids is 1. The minimum Gasteiger partial charge on any atom is -0.497 e. The first kappa shape index (κ1) is 29.7. The molecule has 5 rings (SSSR count). The summed E-state index contributed by atoms with van der Waals surface area (Å²) in [7, 11) is 3.13. The van der Waals surface area contributed by atoms with E-state index in [0.717, 1.165) is 33.5 Å². The molecule has 4 aromatic rings. The molecule has 1 saturated heterocycles. The van der Waals surface area contributed by atoms with Gasteiger partial charge in [0.2, 0.25) is 0 Å². The summed E-state index contributed by atoms with van der Waals surface area (Å²) in [5, 5.41) is 9.62. The van der Waals surface area contributed by atoms with Gasteiger partial charge in [-0.15, -0.1) is 0 Å². The number of hydrogen-bond donors (Lipinski definition) is 2. The van der Waals surface area contributed by atoms with E-state index < -0.39 is 53.7 Å². The number of hydrogen-bond acceptors (Lipinski definition) is 7. The van der Waals surface area contributed by atoms with Gasteiger partial charge in [0, 0.05) is 18.2 Å². The third kappa shape index (κ3) is 5.95. The predicted molar refractivity (Wildman–Crippen MR) is 154 cm³/mol. The van der Waals surface area contributed by atoms with E-state index in [2.05, 4.69) is 4.98 Å². The van der Waals surface area contributed by atoms with Crippen molar-refractivity contribution in [1.29, 1.82) is 0 Å². The molecule has 43 heavy (non-hydrogen) atoms. The highest BCUT2D eigenvalue weighted by molar-refractivity contribution is 5.67. The number of nitrogens with one attached hydrogen (secondary N) is 1. The van der Waals surface area contributed by atoms with E-state index in [1.54, 1.807) is 38.5 Å². The largest absolute Gasteiger partial charge is 0.497 e. The molecule has 0 amide bonds. The highest BCUT2D eigenvalue weighted by Crippen LogP contribution is 2.44. The van der Waals surface area contributed by atoms with Gasteiger partial charge in [-0.05, 0) is 41.0 Å². The van der Waals surface area contributed by atoms with Gasteiger partial charge in [-0.2, -0.15) is 0 Å². The minimum absolute atomic E-state index is 0.236. The molecule has 11 heteroatoms. The van der Waals surface area contributed by atoms with Crippen LogP contribution in [0.3, 0.4) is 0 Å². The van der Waals surface area contributed by atoms with Crippen molar-refractivity contribution in [2.75, 3.05) is 20.8 Å². The fourth-order valence-electron chi connectivity index (χ4n) is 5.51. The monoisotopic (exact) mass is 590 g/mol. The zero-order chi connectivity index (χ0) is 30.6. The molecule has 2 N–H and O–H groups in total. The summed E-state index contributed by atoms with van der Waals surface area (Å²) in [5.74, 6) is -1.11. The summed E-state index contributed by atoms with van der Waals surface area (Å²) >= 11 is 0. The average Bonchev–Trinajstić information content (AvgIpc) is 3.32. The van der Waals surface area contributed by atoms with Crippen molar-refractivity contribution in [2.24, 2.45) is 5.92 Å². The molecule has 1 aliphatic heterocycles. The normalized spacial score (nSPS) is 20.1. The lowest BCUT2D eigenvalue weighted by Crippen LogP contribution is -2.38. The fraction of sp³-hybridized carbons (Fsp3) is 0.281. The van der Waals surface area contributed by atoms with Crippen LogP contribution in [-0.4, -0.2) is 53.7 Å². The summed E-state index contributed by atoms with van der Waals surface area (Å²) in [6.45, 7) is -0.236. The van der Waals surface area contributed by atoms with Gasteiger partial charge in [-0.3, -0.25) is 19.1 Å². The summed E-state index contributed by atoms with van der Waals surface area (Å²) in [5.41, 5.74) is -0.571. The van der Waals surface area contributed by atoms with Crippen LogP contribution in [0.15, 0.2) is 101 Å². The minimum atomic E-state index is -1.87. The van der Waals surface area contributed by atoms with E-state index in [0.29, 0.717) is 11.5 Å². The Morgan fingerprint density at radius 3 is 1.98 bits per heavy atom. The topological polar surface area (TPSA) is 129 Å². The molecule has 0 spiro atoms. The highest BCUT2D eigenvalue weighted by atomic mass is 19.1. The Hall–Kier alpha value is -4.74. The number of aromatic nitrogens is 2. The van der Waals surface area contributed by atoms with Crippen LogP contribution in [0.25, 0.3) is 0 Å². The number of benzene rings is 3.